The van der Waals surface area contributed by atoms with Crippen molar-refractivity contribution in [1.29, 1.82) is 0 Å². The van der Waals surface area contributed by atoms with E-state index >= 15 is 0 Å². The molecule has 182 valence electrons. The topological polar surface area (TPSA) is 65.0 Å². The van der Waals surface area contributed by atoms with E-state index in [1.807, 2.05) is 30.6 Å². The summed E-state index contributed by atoms with van der Waals surface area (Å²) in [5.41, 5.74) is 6.46. The molecular weight excluding hydrogens is 466 g/mol. The zero-order valence-electron chi connectivity index (χ0n) is 20.7. The fourth-order valence-corrected chi connectivity index (χ4v) is 5.37. The van der Waals surface area contributed by atoms with Gasteiger partial charge in [-0.1, -0.05) is 72.5 Å². The molecule has 2 aromatic heterocycles. The van der Waals surface area contributed by atoms with Crippen LogP contribution in [0.5, 0.6) is 0 Å². The first-order valence-corrected chi connectivity index (χ1v) is 13.0. The van der Waals surface area contributed by atoms with Gasteiger partial charge in [0.15, 0.2) is 0 Å². The lowest BCUT2D eigenvalue weighted by Gasteiger charge is -2.20. The van der Waals surface area contributed by atoms with E-state index in [0.717, 1.165) is 44.5 Å². The molecule has 4 aromatic rings. The number of pyridine rings is 1. The van der Waals surface area contributed by atoms with Crippen LogP contribution in [0.25, 0.3) is 22.0 Å². The molecule has 5 rings (SSSR count). The minimum atomic E-state index is -0.389. The SMILES string of the molecule is COC(=O)C(CC1=CCC(c2cnns2)C=C1)c1cccc(-c2cc(C(C)C)cc3cccnc23)c1. The molecule has 0 radical (unpaired) electrons. The predicted octanol–water partition coefficient (Wildman–Crippen LogP) is 7.19. The third-order valence-electron chi connectivity index (χ3n) is 6.84. The number of aromatic nitrogens is 3. The molecule has 36 heavy (non-hydrogen) atoms. The first-order valence-electron chi connectivity index (χ1n) is 12.2. The fourth-order valence-electron chi connectivity index (χ4n) is 4.77. The first kappa shape index (κ1) is 24.1. The summed E-state index contributed by atoms with van der Waals surface area (Å²) in [6.45, 7) is 4.40. The van der Waals surface area contributed by atoms with Crippen LogP contribution < -0.4 is 0 Å². The number of methoxy groups -OCH3 is 1. The van der Waals surface area contributed by atoms with Crippen molar-refractivity contribution >= 4 is 28.4 Å². The summed E-state index contributed by atoms with van der Waals surface area (Å²) in [6.07, 6.45) is 11.7. The number of carbonyl (C=O) groups excluding carboxylic acids is 1. The Balaban J connectivity index is 1.47. The van der Waals surface area contributed by atoms with Crippen molar-refractivity contribution in [3.63, 3.8) is 0 Å². The maximum atomic E-state index is 12.9. The average Bonchev–Trinajstić information content (AvgIpc) is 3.46. The standard InChI is InChI=1S/C30H29N3O2S/c1-19(2)25-16-24-8-5-13-31-29(24)26(17-25)22-6-4-7-23(15-22)27(30(34)35-3)14-20-9-11-21(12-10-20)28-18-32-33-36-28/h4-11,13,15-19,21,27H,12,14H2,1-3H3. The Morgan fingerprint density at radius 3 is 2.75 bits per heavy atom. The third-order valence-corrected chi connectivity index (χ3v) is 7.63. The second-order valence-corrected chi connectivity index (χ2v) is 10.3. The van der Waals surface area contributed by atoms with Crippen molar-refractivity contribution in [3.8, 4) is 11.1 Å². The van der Waals surface area contributed by atoms with Gasteiger partial charge in [0.25, 0.3) is 0 Å². The van der Waals surface area contributed by atoms with Crippen molar-refractivity contribution in [1.82, 2.24) is 14.6 Å². The number of benzene rings is 2. The van der Waals surface area contributed by atoms with Gasteiger partial charge in [0, 0.05) is 23.1 Å². The minimum absolute atomic E-state index is 0.228. The number of ether oxygens (including phenoxy) is 1. The van der Waals surface area contributed by atoms with Crippen molar-refractivity contribution in [2.24, 2.45) is 0 Å². The maximum Gasteiger partial charge on any atom is 0.313 e. The van der Waals surface area contributed by atoms with E-state index in [4.69, 9.17) is 4.74 Å². The Morgan fingerprint density at radius 2 is 2.03 bits per heavy atom. The Labute approximate surface area is 215 Å². The van der Waals surface area contributed by atoms with Gasteiger partial charge in [0.1, 0.15) is 0 Å². The number of rotatable bonds is 7. The number of esters is 1. The molecule has 0 amide bonds. The van der Waals surface area contributed by atoms with Crippen LogP contribution in [0.15, 0.2) is 84.7 Å². The zero-order chi connectivity index (χ0) is 25.1. The van der Waals surface area contributed by atoms with Gasteiger partial charge in [-0.3, -0.25) is 9.78 Å². The van der Waals surface area contributed by atoms with E-state index in [1.165, 1.54) is 24.2 Å². The van der Waals surface area contributed by atoms with E-state index in [0.29, 0.717) is 18.3 Å². The second kappa shape index (κ2) is 10.5. The van der Waals surface area contributed by atoms with Crippen LogP contribution in [0, 0.1) is 0 Å². The molecule has 2 aromatic carbocycles. The summed E-state index contributed by atoms with van der Waals surface area (Å²) in [5, 5.41) is 5.08. The molecule has 0 bridgehead atoms. The monoisotopic (exact) mass is 495 g/mol. The normalized spacial score (nSPS) is 16.2. The van der Waals surface area contributed by atoms with E-state index in [-0.39, 0.29) is 11.9 Å². The van der Waals surface area contributed by atoms with Crippen LogP contribution >= 0.6 is 11.5 Å². The van der Waals surface area contributed by atoms with Crippen LogP contribution in [-0.2, 0) is 9.53 Å². The molecule has 0 saturated heterocycles. The van der Waals surface area contributed by atoms with Gasteiger partial charge in [-0.05, 0) is 65.2 Å². The highest BCUT2D eigenvalue weighted by atomic mass is 32.1. The van der Waals surface area contributed by atoms with Crippen molar-refractivity contribution in [3.05, 3.63) is 101 Å². The largest absolute Gasteiger partial charge is 0.469 e. The van der Waals surface area contributed by atoms with Gasteiger partial charge in [-0.25, -0.2) is 0 Å². The van der Waals surface area contributed by atoms with E-state index < -0.39 is 0 Å². The van der Waals surface area contributed by atoms with E-state index in [9.17, 15) is 4.79 Å². The Kier molecular flexibility index (Phi) is 7.05. The lowest BCUT2D eigenvalue weighted by atomic mass is 9.86. The minimum Gasteiger partial charge on any atom is -0.469 e. The molecule has 0 fully saturated rings. The lowest BCUT2D eigenvalue weighted by molar-refractivity contribution is -0.142. The molecule has 0 spiro atoms. The van der Waals surface area contributed by atoms with Gasteiger partial charge >= 0.3 is 5.97 Å². The van der Waals surface area contributed by atoms with Gasteiger partial charge in [0.2, 0.25) is 0 Å². The second-order valence-electron chi connectivity index (χ2n) is 9.50. The lowest BCUT2D eigenvalue weighted by Crippen LogP contribution is -2.15. The van der Waals surface area contributed by atoms with Crippen molar-refractivity contribution in [2.45, 2.75) is 44.4 Å². The highest BCUT2D eigenvalue weighted by Crippen LogP contribution is 2.36. The first-order chi connectivity index (χ1) is 17.5. The summed E-state index contributed by atoms with van der Waals surface area (Å²) in [4.78, 5) is 18.8. The average molecular weight is 496 g/mol. The number of carbonyl (C=O) groups is 1. The number of hydrogen-bond acceptors (Lipinski definition) is 6. The maximum absolute atomic E-state index is 12.9. The molecule has 5 nitrogen and oxygen atoms in total. The van der Waals surface area contributed by atoms with Gasteiger partial charge in [0.05, 0.1) is 29.6 Å². The van der Waals surface area contributed by atoms with Crippen LogP contribution in [0.2, 0.25) is 0 Å². The van der Waals surface area contributed by atoms with Gasteiger partial charge in [-0.2, -0.15) is 0 Å². The molecule has 2 atom stereocenters. The van der Waals surface area contributed by atoms with Gasteiger partial charge in [-0.15, -0.1) is 5.10 Å². The Hall–Kier alpha value is -3.64. The van der Waals surface area contributed by atoms with Gasteiger partial charge < -0.3 is 4.74 Å². The number of fused-ring (bicyclic) bond motifs is 1. The van der Waals surface area contributed by atoms with Crippen molar-refractivity contribution < 1.29 is 9.53 Å². The van der Waals surface area contributed by atoms with Crippen LogP contribution in [-0.4, -0.2) is 27.7 Å². The van der Waals surface area contributed by atoms with E-state index in [1.54, 1.807) is 0 Å². The molecule has 6 heteroatoms. The Bertz CT molecular complexity index is 1440. The summed E-state index contributed by atoms with van der Waals surface area (Å²) < 4.78 is 9.21. The molecule has 0 N–H and O–H groups in total. The number of nitrogens with zero attached hydrogens (tertiary/aromatic N) is 3. The molecule has 1 aliphatic rings. The smallest absolute Gasteiger partial charge is 0.313 e. The predicted molar refractivity (Wildman–Crippen MR) is 145 cm³/mol. The quantitative estimate of drug-likeness (QED) is 0.254. The summed E-state index contributed by atoms with van der Waals surface area (Å²) in [7, 11) is 1.46. The zero-order valence-corrected chi connectivity index (χ0v) is 21.5. The summed E-state index contributed by atoms with van der Waals surface area (Å²) in [5.74, 6) is 0.0748. The number of hydrogen-bond donors (Lipinski definition) is 0. The molecule has 0 aliphatic heterocycles. The molecule has 2 unspecified atom stereocenters. The van der Waals surface area contributed by atoms with Crippen LogP contribution in [0.1, 0.15) is 60.4 Å². The number of allylic oxidation sites excluding steroid dienone is 4. The van der Waals surface area contributed by atoms with Crippen LogP contribution in [0.4, 0.5) is 0 Å². The Morgan fingerprint density at radius 1 is 1.14 bits per heavy atom. The molecular formula is C30H29N3O2S. The van der Waals surface area contributed by atoms with Crippen LogP contribution in [0.3, 0.4) is 0 Å². The third kappa shape index (κ3) is 5.00. The highest BCUT2D eigenvalue weighted by molar-refractivity contribution is 7.05. The highest BCUT2D eigenvalue weighted by Gasteiger charge is 2.24. The van der Waals surface area contributed by atoms with E-state index in [2.05, 4.69) is 77.0 Å². The fraction of sp³-hybridized carbons (Fsp3) is 0.267. The molecule has 2 heterocycles. The summed E-state index contributed by atoms with van der Waals surface area (Å²) >= 11 is 1.43. The van der Waals surface area contributed by atoms with Crippen molar-refractivity contribution in [2.75, 3.05) is 7.11 Å². The summed E-state index contributed by atoms with van der Waals surface area (Å²) in [6, 6.07) is 16.8. The molecule has 1 aliphatic carbocycles. The molecule has 0 saturated carbocycles.